The number of nitro benzene ring substituents is 1. The molecule has 2 aromatic carbocycles. The summed E-state index contributed by atoms with van der Waals surface area (Å²) >= 11 is 0. The zero-order valence-electron chi connectivity index (χ0n) is 16.7. The Morgan fingerprint density at radius 2 is 1.90 bits per heavy atom. The number of amides is 1. The first kappa shape index (κ1) is 22.1. The molecule has 0 saturated carbocycles. The van der Waals surface area contributed by atoms with Crippen LogP contribution in [0.1, 0.15) is 37.0 Å². The molecule has 0 bridgehead atoms. The van der Waals surface area contributed by atoms with Crippen LogP contribution in [0.4, 0.5) is 24.5 Å². The minimum Gasteiger partial charge on any atom is -0.484 e. The van der Waals surface area contributed by atoms with Crippen LogP contribution in [0.5, 0.6) is 5.75 Å². The second-order valence-electron chi connectivity index (χ2n) is 7.75. The van der Waals surface area contributed by atoms with E-state index in [1.807, 2.05) is 20.8 Å². The second-order valence-corrected chi connectivity index (χ2v) is 7.75. The van der Waals surface area contributed by atoms with Gasteiger partial charge in [-0.2, -0.15) is 13.2 Å². The van der Waals surface area contributed by atoms with E-state index in [1.165, 1.54) is 12.1 Å². The number of nitrogens with zero attached hydrogens (tertiary/aromatic N) is 2. The lowest BCUT2D eigenvalue weighted by molar-refractivity contribution is -0.385. The number of carbonyl (C=O) groups is 1. The SMILES string of the molecule is CC(C)(C)c1nc2cc(NC(=O)c3cc(OCC(F)(F)F)ccc3[N+](=O)[O-])ccc2o1. The highest BCUT2D eigenvalue weighted by atomic mass is 19.4. The van der Waals surface area contributed by atoms with Crippen molar-refractivity contribution in [2.75, 3.05) is 11.9 Å². The van der Waals surface area contributed by atoms with Crippen molar-refractivity contribution >= 4 is 28.4 Å². The molecule has 1 N–H and O–H groups in total. The topological polar surface area (TPSA) is 108 Å². The third-order valence-corrected chi connectivity index (χ3v) is 4.10. The molecule has 0 aliphatic heterocycles. The summed E-state index contributed by atoms with van der Waals surface area (Å²) in [4.78, 5) is 27.5. The van der Waals surface area contributed by atoms with Crippen molar-refractivity contribution < 1.29 is 32.0 Å². The number of oxazole rings is 1. The molecule has 0 aliphatic carbocycles. The van der Waals surface area contributed by atoms with Crippen LogP contribution in [0.25, 0.3) is 11.1 Å². The number of nitrogens with one attached hydrogen (secondary N) is 1. The summed E-state index contributed by atoms with van der Waals surface area (Å²) in [5, 5.41) is 13.8. The quantitative estimate of drug-likeness (QED) is 0.433. The summed E-state index contributed by atoms with van der Waals surface area (Å²) in [7, 11) is 0. The first-order chi connectivity index (χ1) is 14.3. The molecular weight excluding hydrogens is 419 g/mol. The highest BCUT2D eigenvalue weighted by molar-refractivity contribution is 6.07. The van der Waals surface area contributed by atoms with Crippen molar-refractivity contribution in [2.24, 2.45) is 0 Å². The Morgan fingerprint density at radius 1 is 1.19 bits per heavy atom. The van der Waals surface area contributed by atoms with Gasteiger partial charge < -0.3 is 14.5 Å². The van der Waals surface area contributed by atoms with Gasteiger partial charge >= 0.3 is 6.18 Å². The van der Waals surface area contributed by atoms with Crippen molar-refractivity contribution in [3.8, 4) is 5.75 Å². The lowest BCUT2D eigenvalue weighted by Crippen LogP contribution is -2.20. The fourth-order valence-electron chi connectivity index (χ4n) is 2.64. The Kier molecular flexibility index (Phi) is 5.62. The largest absolute Gasteiger partial charge is 0.484 e. The number of hydrogen-bond donors (Lipinski definition) is 1. The lowest BCUT2D eigenvalue weighted by atomic mass is 9.97. The van der Waals surface area contributed by atoms with Gasteiger partial charge in [-0.15, -0.1) is 0 Å². The summed E-state index contributed by atoms with van der Waals surface area (Å²) in [6.45, 7) is 4.18. The summed E-state index contributed by atoms with van der Waals surface area (Å²) < 4.78 is 47.4. The van der Waals surface area contributed by atoms with Crippen LogP contribution in [-0.4, -0.2) is 28.6 Å². The molecule has 1 aromatic heterocycles. The standard InChI is InChI=1S/C20H18F3N3O5/c1-19(2,3)18-25-14-8-11(4-7-16(14)31-18)24-17(27)13-9-12(30-10-20(21,22)23)5-6-15(13)26(28)29/h4-9H,10H2,1-3H3,(H,24,27). The van der Waals surface area contributed by atoms with Crippen molar-refractivity contribution in [1.82, 2.24) is 4.98 Å². The van der Waals surface area contributed by atoms with Crippen LogP contribution in [0, 0.1) is 10.1 Å². The number of benzene rings is 2. The van der Waals surface area contributed by atoms with Crippen LogP contribution >= 0.6 is 0 Å². The Bertz CT molecular complexity index is 1150. The predicted octanol–water partition coefficient (Wildman–Crippen LogP) is 5.23. The first-order valence-corrected chi connectivity index (χ1v) is 9.04. The van der Waals surface area contributed by atoms with Crippen molar-refractivity contribution in [2.45, 2.75) is 32.4 Å². The number of alkyl halides is 3. The molecule has 3 aromatic rings. The van der Waals surface area contributed by atoms with E-state index in [0.29, 0.717) is 17.0 Å². The summed E-state index contributed by atoms with van der Waals surface area (Å²) in [6.07, 6.45) is -4.59. The highest BCUT2D eigenvalue weighted by Gasteiger charge is 2.29. The zero-order valence-corrected chi connectivity index (χ0v) is 16.7. The van der Waals surface area contributed by atoms with E-state index in [-0.39, 0.29) is 16.9 Å². The minimum absolute atomic E-state index is 0.280. The van der Waals surface area contributed by atoms with E-state index >= 15 is 0 Å². The number of rotatable bonds is 5. The Hall–Kier alpha value is -3.63. The number of hydrogen-bond acceptors (Lipinski definition) is 6. The maximum absolute atomic E-state index is 12.7. The Labute approximate surface area is 174 Å². The smallest absolute Gasteiger partial charge is 0.422 e. The van der Waals surface area contributed by atoms with Crippen LogP contribution in [0.3, 0.4) is 0 Å². The molecule has 0 aliphatic rings. The fourth-order valence-corrected chi connectivity index (χ4v) is 2.64. The Balaban J connectivity index is 1.88. The number of carbonyl (C=O) groups excluding carboxylic acids is 1. The van der Waals surface area contributed by atoms with Gasteiger partial charge in [0.25, 0.3) is 11.6 Å². The van der Waals surface area contributed by atoms with Gasteiger partial charge in [0.2, 0.25) is 5.89 Å². The predicted molar refractivity (Wildman–Crippen MR) is 105 cm³/mol. The van der Waals surface area contributed by atoms with Gasteiger partial charge in [0.1, 0.15) is 16.8 Å². The molecule has 3 rings (SSSR count). The molecule has 11 heteroatoms. The number of nitro groups is 1. The van der Waals surface area contributed by atoms with Crippen molar-refractivity contribution in [3.05, 3.63) is 58.0 Å². The number of halogens is 3. The average molecular weight is 437 g/mol. The van der Waals surface area contributed by atoms with Crippen LogP contribution in [0.15, 0.2) is 40.8 Å². The molecule has 31 heavy (non-hydrogen) atoms. The number of fused-ring (bicyclic) bond motifs is 1. The third kappa shape index (κ3) is 5.30. The van der Waals surface area contributed by atoms with Gasteiger partial charge in [-0.05, 0) is 30.3 Å². The zero-order chi connectivity index (χ0) is 23.0. The van der Waals surface area contributed by atoms with Crippen LogP contribution in [0.2, 0.25) is 0 Å². The number of anilines is 1. The van der Waals surface area contributed by atoms with Crippen molar-refractivity contribution in [1.29, 1.82) is 0 Å². The first-order valence-electron chi connectivity index (χ1n) is 9.04. The highest BCUT2D eigenvalue weighted by Crippen LogP contribution is 2.29. The van der Waals surface area contributed by atoms with Gasteiger partial charge in [-0.25, -0.2) is 4.98 Å². The normalized spacial score (nSPS) is 12.1. The number of aromatic nitrogens is 1. The van der Waals surface area contributed by atoms with E-state index in [1.54, 1.807) is 6.07 Å². The van der Waals surface area contributed by atoms with Crippen molar-refractivity contribution in [3.63, 3.8) is 0 Å². The molecule has 0 fully saturated rings. The molecule has 1 amide bonds. The van der Waals surface area contributed by atoms with Gasteiger partial charge in [-0.3, -0.25) is 14.9 Å². The average Bonchev–Trinajstić information content (AvgIpc) is 3.09. The second kappa shape index (κ2) is 7.89. The fraction of sp³-hybridized carbons (Fsp3) is 0.300. The molecule has 164 valence electrons. The molecule has 0 radical (unpaired) electrons. The monoisotopic (exact) mass is 437 g/mol. The molecule has 0 unspecified atom stereocenters. The third-order valence-electron chi connectivity index (χ3n) is 4.10. The van der Waals surface area contributed by atoms with Gasteiger partial charge in [0.15, 0.2) is 12.2 Å². The molecule has 0 atom stereocenters. The molecule has 0 spiro atoms. The van der Waals surface area contributed by atoms with E-state index in [4.69, 9.17) is 4.42 Å². The molecule has 8 nitrogen and oxygen atoms in total. The maximum atomic E-state index is 12.7. The summed E-state index contributed by atoms with van der Waals surface area (Å²) in [6, 6.07) is 7.44. The maximum Gasteiger partial charge on any atom is 0.422 e. The van der Waals surface area contributed by atoms with E-state index in [9.17, 15) is 28.1 Å². The van der Waals surface area contributed by atoms with Crippen LogP contribution < -0.4 is 10.1 Å². The summed E-state index contributed by atoms with van der Waals surface area (Å²) in [5.74, 6) is -0.714. The van der Waals surface area contributed by atoms with Crippen LogP contribution in [-0.2, 0) is 5.41 Å². The number of ether oxygens (including phenoxy) is 1. The minimum atomic E-state index is -4.59. The van der Waals surface area contributed by atoms with E-state index in [2.05, 4.69) is 15.0 Å². The Morgan fingerprint density at radius 3 is 2.52 bits per heavy atom. The summed E-state index contributed by atoms with van der Waals surface area (Å²) in [5.41, 5.74) is -0.104. The molecule has 0 saturated heterocycles. The van der Waals surface area contributed by atoms with Gasteiger partial charge in [0, 0.05) is 17.2 Å². The van der Waals surface area contributed by atoms with Gasteiger partial charge in [0.05, 0.1) is 4.92 Å². The van der Waals surface area contributed by atoms with E-state index < -0.39 is 34.9 Å². The van der Waals surface area contributed by atoms with Gasteiger partial charge in [-0.1, -0.05) is 20.8 Å². The molecule has 1 heterocycles. The van der Waals surface area contributed by atoms with E-state index in [0.717, 1.165) is 18.2 Å². The lowest BCUT2D eigenvalue weighted by Gasteiger charge is -2.11. The molecular formula is C20H18F3N3O5.